The van der Waals surface area contributed by atoms with Crippen LogP contribution in [0, 0.1) is 0 Å². The lowest BCUT2D eigenvalue weighted by Gasteiger charge is -2.11. The summed E-state index contributed by atoms with van der Waals surface area (Å²) in [6.07, 6.45) is 0. The van der Waals surface area contributed by atoms with Crippen LogP contribution in [0.2, 0.25) is 0 Å². The van der Waals surface area contributed by atoms with Gasteiger partial charge in [0.2, 0.25) is 0 Å². The molecule has 3 nitrogen and oxygen atoms in total. The average Bonchev–Trinajstić information content (AvgIpc) is 2.42. The number of ether oxygens (including phenoxy) is 2. The Morgan fingerprint density at radius 3 is 2.58 bits per heavy atom. The minimum Gasteiger partial charge on any atom is -0.494 e. The predicted octanol–water partition coefficient (Wildman–Crippen LogP) is 3.60. The number of hydrogen-bond acceptors (Lipinski definition) is 3. The van der Waals surface area contributed by atoms with Crippen LogP contribution in [0.4, 0.5) is 0 Å². The van der Waals surface area contributed by atoms with Crippen LogP contribution in [-0.2, 0) is 6.54 Å². The van der Waals surface area contributed by atoms with E-state index in [-0.39, 0.29) is 0 Å². The summed E-state index contributed by atoms with van der Waals surface area (Å²) >= 11 is 0. The van der Waals surface area contributed by atoms with Gasteiger partial charge >= 0.3 is 0 Å². The second kappa shape index (κ2) is 6.81. The molecule has 0 saturated carbocycles. The van der Waals surface area contributed by atoms with Gasteiger partial charge in [0.1, 0.15) is 17.2 Å². The largest absolute Gasteiger partial charge is 0.494 e. The highest BCUT2D eigenvalue weighted by Crippen LogP contribution is 2.27. The minimum atomic E-state index is 0.653. The van der Waals surface area contributed by atoms with Crippen LogP contribution in [0.1, 0.15) is 12.5 Å². The lowest BCUT2D eigenvalue weighted by Crippen LogP contribution is -2.06. The molecule has 0 spiro atoms. The van der Waals surface area contributed by atoms with Crippen molar-refractivity contribution in [2.45, 2.75) is 13.5 Å². The monoisotopic (exact) mass is 257 g/mol. The third kappa shape index (κ3) is 3.73. The molecule has 0 aliphatic heterocycles. The Bertz CT molecular complexity index is 526. The van der Waals surface area contributed by atoms with E-state index < -0.39 is 0 Å². The van der Waals surface area contributed by atoms with Gasteiger partial charge in [-0.3, -0.25) is 0 Å². The number of para-hydroxylation sites is 1. The standard InChI is InChI=1S/C16H19NO2/c1-3-18-14-8-6-9-15(11-14)19-16-10-5-4-7-13(16)12-17-2/h4-11,17H,3,12H2,1-2H3. The van der Waals surface area contributed by atoms with Gasteiger partial charge in [-0.2, -0.15) is 0 Å². The van der Waals surface area contributed by atoms with E-state index in [1.807, 2.05) is 56.4 Å². The molecule has 1 N–H and O–H groups in total. The van der Waals surface area contributed by atoms with Gasteiger partial charge in [-0.15, -0.1) is 0 Å². The first kappa shape index (κ1) is 13.4. The SMILES string of the molecule is CCOc1cccc(Oc2ccccc2CNC)c1. The Hall–Kier alpha value is -2.00. The van der Waals surface area contributed by atoms with Crippen molar-refractivity contribution < 1.29 is 9.47 Å². The maximum Gasteiger partial charge on any atom is 0.131 e. The Morgan fingerprint density at radius 2 is 1.79 bits per heavy atom. The lowest BCUT2D eigenvalue weighted by molar-refractivity contribution is 0.338. The van der Waals surface area contributed by atoms with Crippen LogP contribution < -0.4 is 14.8 Å². The number of nitrogens with one attached hydrogen (secondary N) is 1. The van der Waals surface area contributed by atoms with E-state index in [1.54, 1.807) is 0 Å². The first-order valence-electron chi connectivity index (χ1n) is 6.46. The molecule has 2 aromatic rings. The van der Waals surface area contributed by atoms with E-state index in [4.69, 9.17) is 9.47 Å². The Kier molecular flexibility index (Phi) is 4.81. The zero-order valence-corrected chi connectivity index (χ0v) is 11.3. The van der Waals surface area contributed by atoms with Crippen molar-refractivity contribution >= 4 is 0 Å². The fourth-order valence-corrected chi connectivity index (χ4v) is 1.86. The molecule has 0 bridgehead atoms. The summed E-state index contributed by atoms with van der Waals surface area (Å²) in [6.45, 7) is 3.40. The van der Waals surface area contributed by atoms with Gasteiger partial charge in [0.05, 0.1) is 6.61 Å². The summed E-state index contributed by atoms with van der Waals surface area (Å²) in [5.74, 6) is 2.48. The summed E-state index contributed by atoms with van der Waals surface area (Å²) < 4.78 is 11.4. The van der Waals surface area contributed by atoms with Crippen molar-refractivity contribution in [2.75, 3.05) is 13.7 Å². The van der Waals surface area contributed by atoms with E-state index in [0.29, 0.717) is 6.61 Å². The smallest absolute Gasteiger partial charge is 0.131 e. The van der Waals surface area contributed by atoms with Crippen molar-refractivity contribution in [2.24, 2.45) is 0 Å². The average molecular weight is 257 g/mol. The molecule has 2 rings (SSSR count). The van der Waals surface area contributed by atoms with Gasteiger partial charge in [-0.05, 0) is 32.2 Å². The zero-order valence-electron chi connectivity index (χ0n) is 11.3. The van der Waals surface area contributed by atoms with Crippen molar-refractivity contribution in [1.29, 1.82) is 0 Å². The molecule has 0 aliphatic rings. The highest BCUT2D eigenvalue weighted by atomic mass is 16.5. The fourth-order valence-electron chi connectivity index (χ4n) is 1.86. The summed E-state index contributed by atoms with van der Waals surface area (Å²) in [4.78, 5) is 0. The molecule has 0 atom stereocenters. The van der Waals surface area contributed by atoms with E-state index in [1.165, 1.54) is 0 Å². The summed E-state index contributed by atoms with van der Waals surface area (Å²) in [7, 11) is 1.92. The van der Waals surface area contributed by atoms with Gasteiger partial charge < -0.3 is 14.8 Å². The van der Waals surface area contributed by atoms with Gasteiger partial charge in [0.25, 0.3) is 0 Å². The van der Waals surface area contributed by atoms with Crippen LogP contribution in [0.3, 0.4) is 0 Å². The van der Waals surface area contributed by atoms with Crippen LogP contribution in [-0.4, -0.2) is 13.7 Å². The Balaban J connectivity index is 2.18. The van der Waals surface area contributed by atoms with E-state index >= 15 is 0 Å². The molecule has 0 radical (unpaired) electrons. The molecule has 0 amide bonds. The molecule has 0 aromatic heterocycles. The Labute approximate surface area is 114 Å². The normalized spacial score (nSPS) is 10.2. The van der Waals surface area contributed by atoms with E-state index in [2.05, 4.69) is 11.4 Å². The predicted molar refractivity (Wildman–Crippen MR) is 76.9 cm³/mol. The zero-order chi connectivity index (χ0) is 13.5. The maximum atomic E-state index is 5.93. The molecule has 100 valence electrons. The quantitative estimate of drug-likeness (QED) is 0.857. The van der Waals surface area contributed by atoms with Crippen molar-refractivity contribution in [3.8, 4) is 17.2 Å². The molecule has 3 heteroatoms. The molecular weight excluding hydrogens is 238 g/mol. The topological polar surface area (TPSA) is 30.5 Å². The van der Waals surface area contributed by atoms with Crippen molar-refractivity contribution in [3.63, 3.8) is 0 Å². The van der Waals surface area contributed by atoms with E-state index in [0.717, 1.165) is 29.4 Å². The molecule has 0 fully saturated rings. The molecule has 0 saturated heterocycles. The fraction of sp³-hybridized carbons (Fsp3) is 0.250. The second-order valence-electron chi connectivity index (χ2n) is 4.15. The third-order valence-electron chi connectivity index (χ3n) is 2.68. The minimum absolute atomic E-state index is 0.653. The summed E-state index contributed by atoms with van der Waals surface area (Å²) in [5, 5.41) is 3.14. The maximum absolute atomic E-state index is 5.93. The Morgan fingerprint density at radius 1 is 1.00 bits per heavy atom. The lowest BCUT2D eigenvalue weighted by atomic mass is 10.2. The van der Waals surface area contributed by atoms with Gasteiger partial charge in [0, 0.05) is 18.2 Å². The van der Waals surface area contributed by atoms with Crippen LogP contribution in [0.5, 0.6) is 17.2 Å². The van der Waals surface area contributed by atoms with Crippen LogP contribution >= 0.6 is 0 Å². The molecule has 0 heterocycles. The molecule has 0 aliphatic carbocycles. The summed E-state index contributed by atoms with van der Waals surface area (Å²) in [5.41, 5.74) is 1.13. The third-order valence-corrected chi connectivity index (χ3v) is 2.68. The van der Waals surface area contributed by atoms with Crippen LogP contribution in [0.15, 0.2) is 48.5 Å². The molecule has 19 heavy (non-hydrogen) atoms. The van der Waals surface area contributed by atoms with Gasteiger partial charge in [-0.25, -0.2) is 0 Å². The van der Waals surface area contributed by atoms with Gasteiger partial charge in [0.15, 0.2) is 0 Å². The first-order valence-corrected chi connectivity index (χ1v) is 6.46. The summed E-state index contributed by atoms with van der Waals surface area (Å²) in [6, 6.07) is 15.7. The van der Waals surface area contributed by atoms with Gasteiger partial charge in [-0.1, -0.05) is 24.3 Å². The van der Waals surface area contributed by atoms with Crippen LogP contribution in [0.25, 0.3) is 0 Å². The van der Waals surface area contributed by atoms with Crippen molar-refractivity contribution in [3.05, 3.63) is 54.1 Å². The number of benzene rings is 2. The highest BCUT2D eigenvalue weighted by molar-refractivity contribution is 5.40. The second-order valence-corrected chi connectivity index (χ2v) is 4.15. The highest BCUT2D eigenvalue weighted by Gasteiger charge is 2.04. The molecular formula is C16H19NO2. The molecule has 2 aromatic carbocycles. The molecule has 0 unspecified atom stereocenters. The number of hydrogen-bond donors (Lipinski definition) is 1. The number of rotatable bonds is 6. The first-order chi connectivity index (χ1) is 9.33. The van der Waals surface area contributed by atoms with Crippen molar-refractivity contribution in [1.82, 2.24) is 5.32 Å². The van der Waals surface area contributed by atoms with E-state index in [9.17, 15) is 0 Å².